The van der Waals surface area contributed by atoms with Crippen LogP contribution in [-0.2, 0) is 4.74 Å². The number of allylic oxidation sites excluding steroid dienone is 1. The standard InChI is InChI=1S/C21H18N4O4S2/c1-4-29-21(26)18-12(2)13(3)31-20(18)23-10-15(9-22)19-24-17(11-30-19)14-5-7-16(8-6-14)25(27)28/h5-8,10-11,23H,4H2,1-3H3/b15-10+. The maximum atomic E-state index is 12.3. The van der Waals surface area contributed by atoms with E-state index in [4.69, 9.17) is 4.74 Å². The van der Waals surface area contributed by atoms with Crippen molar-refractivity contribution in [2.75, 3.05) is 11.9 Å². The number of hydrogen-bond donors (Lipinski definition) is 1. The van der Waals surface area contributed by atoms with E-state index < -0.39 is 10.9 Å². The van der Waals surface area contributed by atoms with Crippen molar-refractivity contribution in [3.05, 3.63) is 67.0 Å². The van der Waals surface area contributed by atoms with Gasteiger partial charge in [-0.25, -0.2) is 9.78 Å². The molecule has 0 fully saturated rings. The van der Waals surface area contributed by atoms with Crippen LogP contribution in [0.15, 0.2) is 35.8 Å². The highest BCUT2D eigenvalue weighted by molar-refractivity contribution is 7.16. The average molecular weight is 455 g/mol. The van der Waals surface area contributed by atoms with Gasteiger partial charge in [-0.3, -0.25) is 10.1 Å². The molecule has 2 aromatic heterocycles. The second-order valence-electron chi connectivity index (χ2n) is 6.36. The molecule has 1 N–H and O–H groups in total. The molecule has 0 bridgehead atoms. The number of hydrogen-bond acceptors (Lipinski definition) is 9. The smallest absolute Gasteiger partial charge is 0.341 e. The van der Waals surface area contributed by atoms with E-state index in [0.717, 1.165) is 10.4 Å². The fourth-order valence-corrected chi connectivity index (χ4v) is 4.55. The van der Waals surface area contributed by atoms with Crippen LogP contribution in [-0.4, -0.2) is 22.5 Å². The number of nitro benzene ring substituents is 1. The van der Waals surface area contributed by atoms with Crippen LogP contribution in [0.5, 0.6) is 0 Å². The van der Waals surface area contributed by atoms with Gasteiger partial charge >= 0.3 is 5.97 Å². The third-order valence-electron chi connectivity index (χ3n) is 4.44. The first-order chi connectivity index (χ1) is 14.8. The van der Waals surface area contributed by atoms with Gasteiger partial charge in [0.25, 0.3) is 5.69 Å². The molecule has 0 amide bonds. The number of carbonyl (C=O) groups excluding carboxylic acids is 1. The lowest BCUT2D eigenvalue weighted by atomic mass is 10.1. The first-order valence-corrected chi connectivity index (χ1v) is 10.9. The summed E-state index contributed by atoms with van der Waals surface area (Å²) in [5.74, 6) is -0.409. The van der Waals surface area contributed by atoms with Gasteiger partial charge in [0.1, 0.15) is 21.7 Å². The van der Waals surface area contributed by atoms with E-state index in [1.54, 1.807) is 24.4 Å². The van der Waals surface area contributed by atoms with E-state index in [9.17, 15) is 20.2 Å². The highest BCUT2D eigenvalue weighted by atomic mass is 32.1. The van der Waals surface area contributed by atoms with Crippen molar-refractivity contribution in [3.8, 4) is 17.3 Å². The number of thiophene rings is 1. The van der Waals surface area contributed by atoms with Gasteiger partial charge in [0.2, 0.25) is 0 Å². The Hall–Kier alpha value is -3.55. The molecule has 0 aliphatic carbocycles. The number of anilines is 1. The first-order valence-electron chi connectivity index (χ1n) is 9.20. The zero-order chi connectivity index (χ0) is 22.5. The molecule has 0 atom stereocenters. The molecule has 1 aromatic carbocycles. The van der Waals surface area contributed by atoms with Gasteiger partial charge in [0.05, 0.1) is 22.8 Å². The van der Waals surface area contributed by atoms with Crippen LogP contribution in [0.2, 0.25) is 0 Å². The van der Waals surface area contributed by atoms with Gasteiger partial charge in [-0.15, -0.1) is 22.7 Å². The topological polar surface area (TPSA) is 118 Å². The number of nitriles is 1. The Morgan fingerprint density at radius 2 is 2.06 bits per heavy atom. The predicted molar refractivity (Wildman–Crippen MR) is 121 cm³/mol. The number of esters is 1. The van der Waals surface area contributed by atoms with E-state index in [-0.39, 0.29) is 12.3 Å². The number of nitro groups is 1. The molecule has 0 aliphatic rings. The normalized spacial score (nSPS) is 11.1. The van der Waals surface area contributed by atoms with Gasteiger partial charge in [-0.2, -0.15) is 5.26 Å². The number of nitrogens with one attached hydrogen (secondary N) is 1. The molecule has 0 unspecified atom stereocenters. The van der Waals surface area contributed by atoms with E-state index in [1.165, 1.54) is 41.0 Å². The molecule has 3 rings (SSSR count). The largest absolute Gasteiger partial charge is 0.462 e. The Morgan fingerprint density at radius 3 is 2.68 bits per heavy atom. The number of benzene rings is 1. The molecule has 0 aliphatic heterocycles. The van der Waals surface area contributed by atoms with Crippen molar-refractivity contribution < 1.29 is 14.5 Å². The number of carbonyl (C=O) groups is 1. The van der Waals surface area contributed by atoms with Gasteiger partial charge < -0.3 is 10.1 Å². The van der Waals surface area contributed by atoms with Crippen LogP contribution in [0.25, 0.3) is 16.8 Å². The molecule has 0 radical (unpaired) electrons. The number of rotatable bonds is 7. The number of aromatic nitrogens is 1. The maximum Gasteiger partial charge on any atom is 0.341 e. The lowest BCUT2D eigenvalue weighted by Crippen LogP contribution is -2.07. The molecule has 31 heavy (non-hydrogen) atoms. The van der Waals surface area contributed by atoms with Gasteiger partial charge in [-0.05, 0) is 38.5 Å². The monoisotopic (exact) mass is 454 g/mol. The van der Waals surface area contributed by atoms with Crippen LogP contribution in [0.3, 0.4) is 0 Å². The van der Waals surface area contributed by atoms with Crippen molar-refractivity contribution in [1.29, 1.82) is 5.26 Å². The van der Waals surface area contributed by atoms with Crippen LogP contribution in [0, 0.1) is 35.3 Å². The summed E-state index contributed by atoms with van der Waals surface area (Å²) < 4.78 is 5.15. The van der Waals surface area contributed by atoms with Crippen molar-refractivity contribution in [3.63, 3.8) is 0 Å². The lowest BCUT2D eigenvalue weighted by Gasteiger charge is -2.05. The quantitative estimate of drug-likeness (QED) is 0.215. The number of thiazole rings is 1. The van der Waals surface area contributed by atoms with Crippen LogP contribution < -0.4 is 5.32 Å². The van der Waals surface area contributed by atoms with Crippen LogP contribution in [0.4, 0.5) is 10.7 Å². The molecular weight excluding hydrogens is 436 g/mol. The summed E-state index contributed by atoms with van der Waals surface area (Å²) in [6, 6.07) is 8.18. The van der Waals surface area contributed by atoms with Gasteiger partial charge in [0, 0.05) is 34.2 Å². The summed E-state index contributed by atoms with van der Waals surface area (Å²) in [6.07, 6.45) is 1.52. The van der Waals surface area contributed by atoms with Gasteiger partial charge in [0.15, 0.2) is 0 Å². The number of nitrogens with zero attached hydrogens (tertiary/aromatic N) is 3. The molecule has 158 valence electrons. The molecule has 0 saturated carbocycles. The Kier molecular flexibility index (Phi) is 6.79. The molecule has 0 spiro atoms. The summed E-state index contributed by atoms with van der Waals surface area (Å²) in [4.78, 5) is 28.1. The first kappa shape index (κ1) is 22.1. The van der Waals surface area contributed by atoms with E-state index >= 15 is 0 Å². The number of ether oxygens (including phenoxy) is 1. The Balaban J connectivity index is 1.86. The second kappa shape index (κ2) is 9.51. The summed E-state index contributed by atoms with van der Waals surface area (Å²) in [7, 11) is 0. The minimum atomic E-state index is -0.461. The molecule has 3 aromatic rings. The summed E-state index contributed by atoms with van der Waals surface area (Å²) in [5.41, 5.74) is 2.94. The highest BCUT2D eigenvalue weighted by Gasteiger charge is 2.20. The fourth-order valence-electron chi connectivity index (χ4n) is 2.74. The maximum absolute atomic E-state index is 12.3. The summed E-state index contributed by atoms with van der Waals surface area (Å²) in [6.45, 7) is 5.80. The zero-order valence-electron chi connectivity index (χ0n) is 17.0. The lowest BCUT2D eigenvalue weighted by molar-refractivity contribution is -0.384. The third kappa shape index (κ3) is 4.79. The number of aryl methyl sites for hydroxylation is 1. The van der Waals surface area contributed by atoms with E-state index in [0.29, 0.717) is 32.4 Å². The highest BCUT2D eigenvalue weighted by Crippen LogP contribution is 2.34. The minimum absolute atomic E-state index is 0.0000449. The Morgan fingerprint density at radius 1 is 1.35 bits per heavy atom. The van der Waals surface area contributed by atoms with Crippen molar-refractivity contribution in [2.24, 2.45) is 0 Å². The molecule has 8 nitrogen and oxygen atoms in total. The zero-order valence-corrected chi connectivity index (χ0v) is 18.6. The van der Waals surface area contributed by atoms with E-state index in [2.05, 4.69) is 16.4 Å². The second-order valence-corrected chi connectivity index (χ2v) is 8.45. The SMILES string of the molecule is CCOC(=O)c1c(N/C=C(\C#N)c2nc(-c3ccc([N+](=O)[O-])cc3)cs2)sc(C)c1C. The molecule has 0 saturated heterocycles. The fraction of sp³-hybridized carbons (Fsp3) is 0.190. The Labute approximate surface area is 186 Å². The summed E-state index contributed by atoms with van der Waals surface area (Å²) >= 11 is 2.70. The van der Waals surface area contributed by atoms with Crippen molar-refractivity contribution in [2.45, 2.75) is 20.8 Å². The van der Waals surface area contributed by atoms with Crippen molar-refractivity contribution >= 4 is 44.9 Å². The van der Waals surface area contributed by atoms with Crippen molar-refractivity contribution in [1.82, 2.24) is 4.98 Å². The molecular formula is C21H18N4O4S2. The Bertz CT molecular complexity index is 1200. The van der Waals surface area contributed by atoms with Crippen LogP contribution in [0.1, 0.15) is 32.7 Å². The van der Waals surface area contributed by atoms with Gasteiger partial charge in [-0.1, -0.05) is 0 Å². The predicted octanol–water partition coefficient (Wildman–Crippen LogP) is 5.55. The molecule has 2 heterocycles. The third-order valence-corrected chi connectivity index (χ3v) is 6.46. The number of non-ortho nitro benzene ring substituents is 1. The van der Waals surface area contributed by atoms with Crippen LogP contribution >= 0.6 is 22.7 Å². The summed E-state index contributed by atoms with van der Waals surface area (Å²) in [5, 5.41) is 26.3. The van der Waals surface area contributed by atoms with E-state index in [1.807, 2.05) is 13.8 Å². The molecule has 10 heteroatoms. The average Bonchev–Trinajstić information content (AvgIpc) is 3.34. The minimum Gasteiger partial charge on any atom is -0.462 e.